The van der Waals surface area contributed by atoms with E-state index in [4.69, 9.17) is 0 Å². The molecule has 1 aliphatic heterocycles. The number of amides is 1. The van der Waals surface area contributed by atoms with Crippen LogP contribution in [0.25, 0.3) is 34.2 Å². The lowest BCUT2D eigenvalue weighted by Gasteiger charge is -2.32. The average Bonchev–Trinajstić information content (AvgIpc) is 3.59. The zero-order valence-corrected chi connectivity index (χ0v) is 21.6. The van der Waals surface area contributed by atoms with E-state index in [-0.39, 0.29) is 5.91 Å². The topological polar surface area (TPSA) is 46.3 Å². The van der Waals surface area contributed by atoms with Crippen LogP contribution in [0.4, 0.5) is 0 Å². The van der Waals surface area contributed by atoms with Gasteiger partial charge in [-0.1, -0.05) is 72.8 Å². The van der Waals surface area contributed by atoms with Gasteiger partial charge in [0.2, 0.25) is 0 Å². The summed E-state index contributed by atoms with van der Waals surface area (Å²) in [5.41, 5.74) is 4.96. The summed E-state index contributed by atoms with van der Waals surface area (Å²) in [6.45, 7) is 3.87. The van der Waals surface area contributed by atoms with Crippen molar-refractivity contribution >= 4 is 29.0 Å². The summed E-state index contributed by atoms with van der Waals surface area (Å²) < 4.78 is 4.15. The minimum atomic E-state index is 0.0947. The number of nitrogens with zero attached hydrogens (tertiary/aromatic N) is 5. The van der Waals surface area contributed by atoms with Crippen LogP contribution >= 0.6 is 0 Å². The molecule has 5 aromatic rings. The maximum absolute atomic E-state index is 13.8. The van der Waals surface area contributed by atoms with Gasteiger partial charge >= 0.3 is 0 Å². The first-order valence-electron chi connectivity index (χ1n) is 13.1. The summed E-state index contributed by atoms with van der Waals surface area (Å²) in [6.07, 6.45) is 11.9. The Morgan fingerprint density at radius 2 is 1.63 bits per heavy atom. The Hall–Kier alpha value is -4.42. The maximum Gasteiger partial charge on any atom is 0.256 e. The van der Waals surface area contributed by atoms with Crippen molar-refractivity contribution in [3.63, 3.8) is 0 Å². The summed E-state index contributed by atoms with van der Waals surface area (Å²) >= 11 is 0. The molecule has 1 saturated heterocycles. The highest BCUT2D eigenvalue weighted by Gasteiger charge is 2.25. The van der Waals surface area contributed by atoms with Gasteiger partial charge in [-0.15, -0.1) is 0 Å². The van der Waals surface area contributed by atoms with Gasteiger partial charge in [-0.25, -0.2) is 4.98 Å². The predicted octanol–water partition coefficient (Wildman–Crippen LogP) is 5.57. The number of aromatic nitrogens is 3. The van der Waals surface area contributed by atoms with Crippen LogP contribution in [-0.2, 0) is 6.54 Å². The number of piperazine rings is 1. The second-order valence-electron chi connectivity index (χ2n) is 9.90. The molecule has 1 amide bonds. The summed E-state index contributed by atoms with van der Waals surface area (Å²) in [5, 5.41) is 2.32. The first-order valence-corrected chi connectivity index (χ1v) is 13.1. The van der Waals surface area contributed by atoms with E-state index in [0.717, 1.165) is 59.5 Å². The van der Waals surface area contributed by atoms with Crippen LogP contribution in [0.5, 0.6) is 0 Å². The van der Waals surface area contributed by atoms with Crippen molar-refractivity contribution in [3.05, 3.63) is 115 Å². The van der Waals surface area contributed by atoms with Gasteiger partial charge in [0.25, 0.3) is 5.91 Å². The molecule has 3 aromatic carbocycles. The van der Waals surface area contributed by atoms with Crippen LogP contribution in [0, 0.1) is 0 Å². The number of imidazole rings is 1. The van der Waals surface area contributed by atoms with E-state index in [1.807, 2.05) is 52.6 Å². The molecule has 2 aromatic heterocycles. The van der Waals surface area contributed by atoms with Crippen LogP contribution in [0.2, 0.25) is 0 Å². The van der Waals surface area contributed by atoms with Crippen LogP contribution in [0.3, 0.4) is 0 Å². The van der Waals surface area contributed by atoms with Crippen LogP contribution in [0.1, 0.15) is 21.6 Å². The Kier molecular flexibility index (Phi) is 6.63. The Morgan fingerprint density at radius 1 is 0.868 bits per heavy atom. The van der Waals surface area contributed by atoms with Crippen LogP contribution in [0.15, 0.2) is 97.7 Å². The molecule has 0 unspecified atom stereocenters. The SMILES string of the molecule is CN1CCN(C(=O)c2cn(Cc3cncn3C=Cc3ccccc3)cc2-c2cccc3ccccc23)CC1. The third-order valence-electron chi connectivity index (χ3n) is 7.30. The monoisotopic (exact) mass is 501 g/mol. The van der Waals surface area contributed by atoms with Gasteiger partial charge < -0.3 is 18.9 Å². The molecular formula is C32H31N5O. The van der Waals surface area contributed by atoms with E-state index in [9.17, 15) is 4.79 Å². The van der Waals surface area contributed by atoms with E-state index in [2.05, 4.69) is 88.4 Å². The molecule has 6 heteroatoms. The lowest BCUT2D eigenvalue weighted by molar-refractivity contribution is 0.0665. The molecule has 0 N–H and O–H groups in total. The molecule has 0 atom stereocenters. The van der Waals surface area contributed by atoms with Crippen molar-refractivity contribution in [1.82, 2.24) is 23.9 Å². The third kappa shape index (κ3) is 4.91. The van der Waals surface area contributed by atoms with Crippen molar-refractivity contribution < 1.29 is 4.79 Å². The number of hydrogen-bond donors (Lipinski definition) is 0. The standard InChI is InChI=1S/C32H31N5O/c1-34-16-18-36(19-17-34)32(38)31-23-35(22-30(31)29-13-7-11-26-10-5-6-12-28(26)29)21-27-20-33-24-37(27)15-14-25-8-3-2-4-9-25/h2-15,20,22-24H,16-19,21H2,1H3. The lowest BCUT2D eigenvalue weighted by Crippen LogP contribution is -2.47. The van der Waals surface area contributed by atoms with Gasteiger partial charge in [0, 0.05) is 50.3 Å². The van der Waals surface area contributed by atoms with E-state index in [1.165, 1.54) is 5.39 Å². The van der Waals surface area contributed by atoms with E-state index in [1.54, 1.807) is 0 Å². The number of hydrogen-bond acceptors (Lipinski definition) is 3. The first-order chi connectivity index (χ1) is 18.7. The third-order valence-corrected chi connectivity index (χ3v) is 7.30. The summed E-state index contributed by atoms with van der Waals surface area (Å²) in [4.78, 5) is 22.5. The lowest BCUT2D eigenvalue weighted by atomic mass is 9.97. The molecule has 6 rings (SSSR count). The molecule has 1 aliphatic rings. The Balaban J connectivity index is 1.37. The first kappa shape index (κ1) is 23.9. The van der Waals surface area contributed by atoms with Crippen molar-refractivity contribution in [1.29, 1.82) is 0 Å². The number of rotatable bonds is 6. The van der Waals surface area contributed by atoms with Crippen LogP contribution in [-0.4, -0.2) is 63.1 Å². The summed E-state index contributed by atoms with van der Waals surface area (Å²) in [5.74, 6) is 0.0947. The number of carbonyl (C=O) groups excluding carboxylic acids is 1. The second kappa shape index (κ2) is 10.5. The van der Waals surface area contributed by atoms with Gasteiger partial charge in [0.1, 0.15) is 0 Å². The Bertz CT molecular complexity index is 1580. The Labute approximate surface area is 223 Å². The maximum atomic E-state index is 13.8. The second-order valence-corrected chi connectivity index (χ2v) is 9.90. The molecular weight excluding hydrogens is 470 g/mol. The molecule has 0 aliphatic carbocycles. The van der Waals surface area contributed by atoms with Gasteiger partial charge in [0.05, 0.1) is 30.3 Å². The molecule has 190 valence electrons. The van der Waals surface area contributed by atoms with E-state index < -0.39 is 0 Å². The molecule has 0 bridgehead atoms. The highest BCUT2D eigenvalue weighted by molar-refractivity contribution is 6.06. The van der Waals surface area contributed by atoms with Gasteiger partial charge in [-0.2, -0.15) is 0 Å². The minimum Gasteiger partial charge on any atom is -0.347 e. The zero-order valence-electron chi connectivity index (χ0n) is 21.6. The van der Waals surface area contributed by atoms with Crippen molar-refractivity contribution in [3.8, 4) is 11.1 Å². The quantitative estimate of drug-likeness (QED) is 0.306. The van der Waals surface area contributed by atoms with E-state index >= 15 is 0 Å². The van der Waals surface area contributed by atoms with Gasteiger partial charge in [0.15, 0.2) is 0 Å². The number of carbonyl (C=O) groups is 1. The largest absolute Gasteiger partial charge is 0.347 e. The molecule has 1 fully saturated rings. The van der Waals surface area contributed by atoms with E-state index in [0.29, 0.717) is 6.54 Å². The summed E-state index contributed by atoms with van der Waals surface area (Å²) in [6, 6.07) is 24.9. The molecule has 38 heavy (non-hydrogen) atoms. The number of benzene rings is 3. The zero-order chi connectivity index (χ0) is 25.9. The molecule has 0 saturated carbocycles. The van der Waals surface area contributed by atoms with Crippen molar-refractivity contribution in [2.45, 2.75) is 6.54 Å². The van der Waals surface area contributed by atoms with Crippen molar-refractivity contribution in [2.24, 2.45) is 0 Å². The van der Waals surface area contributed by atoms with Gasteiger partial charge in [-0.05, 0) is 35.0 Å². The highest BCUT2D eigenvalue weighted by Crippen LogP contribution is 2.33. The summed E-state index contributed by atoms with van der Waals surface area (Å²) in [7, 11) is 2.11. The van der Waals surface area contributed by atoms with Gasteiger partial charge in [-0.3, -0.25) is 4.79 Å². The normalized spacial score (nSPS) is 14.5. The Morgan fingerprint density at radius 3 is 2.47 bits per heavy atom. The number of likely N-dealkylation sites (N-methyl/N-ethyl adjacent to an activating group) is 1. The molecule has 0 radical (unpaired) electrons. The van der Waals surface area contributed by atoms with Crippen molar-refractivity contribution in [2.75, 3.05) is 33.2 Å². The predicted molar refractivity (Wildman–Crippen MR) is 154 cm³/mol. The minimum absolute atomic E-state index is 0.0947. The fourth-order valence-electron chi connectivity index (χ4n) is 5.13. The molecule has 0 spiro atoms. The average molecular weight is 502 g/mol. The fourth-order valence-corrected chi connectivity index (χ4v) is 5.13. The number of fused-ring (bicyclic) bond motifs is 1. The smallest absolute Gasteiger partial charge is 0.256 e. The highest BCUT2D eigenvalue weighted by atomic mass is 16.2. The van der Waals surface area contributed by atoms with Crippen LogP contribution < -0.4 is 0 Å². The molecule has 6 nitrogen and oxygen atoms in total. The molecule has 3 heterocycles. The fraction of sp³-hybridized carbons (Fsp3) is 0.188.